The first-order valence-corrected chi connectivity index (χ1v) is 8.08. The molecule has 0 atom stereocenters. The van der Waals surface area contributed by atoms with Crippen molar-refractivity contribution in [1.82, 2.24) is 4.72 Å². The van der Waals surface area contributed by atoms with Crippen LogP contribution in [0, 0.1) is 5.82 Å². The van der Waals surface area contributed by atoms with Crippen LogP contribution >= 0.6 is 0 Å². The summed E-state index contributed by atoms with van der Waals surface area (Å²) in [6.45, 7) is 0.00382. The number of hydrogen-bond acceptors (Lipinski definition) is 4. The van der Waals surface area contributed by atoms with Crippen molar-refractivity contribution in [1.29, 1.82) is 0 Å². The Bertz CT molecular complexity index is 818. The fourth-order valence-electron chi connectivity index (χ4n) is 1.91. The van der Waals surface area contributed by atoms with Crippen LogP contribution in [0.1, 0.15) is 15.9 Å². The molecule has 0 heterocycles. The number of aromatic carboxylic acids is 1. The number of phenolic OH excluding ortho intramolecular Hbond substituents is 1. The van der Waals surface area contributed by atoms with Gasteiger partial charge in [0.25, 0.3) is 0 Å². The van der Waals surface area contributed by atoms with Gasteiger partial charge in [-0.2, -0.15) is 0 Å². The highest BCUT2D eigenvalue weighted by Gasteiger charge is 2.20. The minimum Gasteiger partial charge on any atom is -0.508 e. The van der Waals surface area contributed by atoms with E-state index < -0.39 is 26.7 Å². The molecule has 23 heavy (non-hydrogen) atoms. The van der Waals surface area contributed by atoms with Crippen LogP contribution in [-0.4, -0.2) is 31.1 Å². The number of carboxylic acid groups (broad SMARTS) is 1. The molecular weight excluding hydrogens is 325 g/mol. The van der Waals surface area contributed by atoms with Gasteiger partial charge in [0, 0.05) is 6.54 Å². The summed E-state index contributed by atoms with van der Waals surface area (Å²) in [6, 6.07) is 8.79. The number of nitrogens with one attached hydrogen (secondary N) is 1. The number of sulfonamides is 1. The molecule has 0 aliphatic heterocycles. The van der Waals surface area contributed by atoms with Gasteiger partial charge in [-0.15, -0.1) is 0 Å². The van der Waals surface area contributed by atoms with Crippen molar-refractivity contribution in [2.45, 2.75) is 11.3 Å². The molecule has 2 aromatic rings. The van der Waals surface area contributed by atoms with Crippen LogP contribution in [0.5, 0.6) is 5.75 Å². The van der Waals surface area contributed by atoms with E-state index in [4.69, 9.17) is 10.2 Å². The van der Waals surface area contributed by atoms with E-state index in [1.807, 2.05) is 0 Å². The Labute approximate surface area is 132 Å². The quantitative estimate of drug-likeness (QED) is 0.744. The Kier molecular flexibility index (Phi) is 4.97. The molecule has 0 spiro atoms. The molecule has 3 N–H and O–H groups in total. The molecule has 2 rings (SSSR count). The smallest absolute Gasteiger partial charge is 0.335 e. The van der Waals surface area contributed by atoms with Gasteiger partial charge in [-0.3, -0.25) is 0 Å². The summed E-state index contributed by atoms with van der Waals surface area (Å²) < 4.78 is 40.1. The zero-order valence-corrected chi connectivity index (χ0v) is 12.7. The second-order valence-electron chi connectivity index (χ2n) is 4.76. The third-order valence-corrected chi connectivity index (χ3v) is 4.59. The lowest BCUT2D eigenvalue weighted by Gasteiger charge is -2.08. The van der Waals surface area contributed by atoms with Crippen molar-refractivity contribution in [2.75, 3.05) is 6.54 Å². The molecule has 0 saturated heterocycles. The summed E-state index contributed by atoms with van der Waals surface area (Å²) in [5, 5.41) is 18.0. The van der Waals surface area contributed by atoms with Crippen LogP contribution in [0.3, 0.4) is 0 Å². The molecule has 0 fully saturated rings. The SMILES string of the molecule is O=C(O)c1ccc(F)c(S(=O)(=O)NCCc2ccc(O)cc2)c1. The van der Waals surface area contributed by atoms with Crippen molar-refractivity contribution in [3.8, 4) is 5.75 Å². The Balaban J connectivity index is 2.11. The Morgan fingerprint density at radius 1 is 1.13 bits per heavy atom. The maximum atomic E-state index is 13.7. The van der Waals surface area contributed by atoms with Gasteiger partial charge in [0.1, 0.15) is 16.5 Å². The summed E-state index contributed by atoms with van der Waals surface area (Å²) >= 11 is 0. The van der Waals surface area contributed by atoms with Crippen molar-refractivity contribution >= 4 is 16.0 Å². The molecule has 122 valence electrons. The molecule has 0 unspecified atom stereocenters. The zero-order valence-electron chi connectivity index (χ0n) is 11.9. The third kappa shape index (κ3) is 4.27. The molecule has 0 amide bonds. The Hall–Kier alpha value is -2.45. The van der Waals surface area contributed by atoms with Gasteiger partial charge in [-0.25, -0.2) is 22.3 Å². The van der Waals surface area contributed by atoms with Crippen LogP contribution in [-0.2, 0) is 16.4 Å². The van der Waals surface area contributed by atoms with Crippen LogP contribution in [0.4, 0.5) is 4.39 Å². The lowest BCUT2D eigenvalue weighted by Crippen LogP contribution is -2.27. The van der Waals surface area contributed by atoms with E-state index in [2.05, 4.69) is 4.72 Å². The van der Waals surface area contributed by atoms with E-state index >= 15 is 0 Å². The number of benzene rings is 2. The molecule has 8 heteroatoms. The first-order chi connectivity index (χ1) is 10.8. The molecule has 0 aliphatic carbocycles. The highest BCUT2D eigenvalue weighted by molar-refractivity contribution is 7.89. The van der Waals surface area contributed by atoms with Gasteiger partial charge in [-0.1, -0.05) is 12.1 Å². The zero-order chi connectivity index (χ0) is 17.0. The Morgan fingerprint density at radius 2 is 1.78 bits per heavy atom. The summed E-state index contributed by atoms with van der Waals surface area (Å²) in [5.74, 6) is -2.26. The summed E-state index contributed by atoms with van der Waals surface area (Å²) in [7, 11) is -4.16. The number of phenols is 1. The van der Waals surface area contributed by atoms with E-state index in [-0.39, 0.29) is 17.9 Å². The first kappa shape index (κ1) is 16.9. The Morgan fingerprint density at radius 3 is 2.39 bits per heavy atom. The highest BCUT2D eigenvalue weighted by atomic mass is 32.2. The van der Waals surface area contributed by atoms with Crippen molar-refractivity contribution in [2.24, 2.45) is 0 Å². The topological polar surface area (TPSA) is 104 Å². The average Bonchev–Trinajstić information content (AvgIpc) is 2.49. The molecule has 0 saturated carbocycles. The van der Waals surface area contributed by atoms with Crippen LogP contribution in [0.15, 0.2) is 47.4 Å². The number of rotatable bonds is 6. The second-order valence-corrected chi connectivity index (χ2v) is 6.50. The molecule has 2 aromatic carbocycles. The van der Waals surface area contributed by atoms with Crippen LogP contribution in [0.25, 0.3) is 0 Å². The van der Waals surface area contributed by atoms with Gasteiger partial charge >= 0.3 is 5.97 Å². The number of carboxylic acids is 1. The predicted octanol–water partition coefficient (Wildman–Crippen LogP) is 1.75. The lowest BCUT2D eigenvalue weighted by molar-refractivity contribution is 0.0696. The molecule has 6 nitrogen and oxygen atoms in total. The summed E-state index contributed by atoms with van der Waals surface area (Å²) in [4.78, 5) is 10.2. The molecule has 0 bridgehead atoms. The van der Waals surface area contributed by atoms with Crippen molar-refractivity contribution < 1.29 is 27.8 Å². The second kappa shape index (κ2) is 6.76. The van der Waals surface area contributed by atoms with Gasteiger partial charge in [0.15, 0.2) is 0 Å². The fourth-order valence-corrected chi connectivity index (χ4v) is 3.05. The van der Waals surface area contributed by atoms with Gasteiger partial charge in [-0.05, 0) is 42.3 Å². The van der Waals surface area contributed by atoms with E-state index in [0.717, 1.165) is 23.8 Å². The number of hydrogen-bond donors (Lipinski definition) is 3. The van der Waals surface area contributed by atoms with Crippen LogP contribution in [0.2, 0.25) is 0 Å². The standard InChI is InChI=1S/C15H14FNO5S/c16-13-6-3-11(15(19)20)9-14(13)23(21,22)17-8-7-10-1-4-12(18)5-2-10/h1-6,9,17-18H,7-8H2,(H,19,20). The van der Waals surface area contributed by atoms with Gasteiger partial charge in [0.05, 0.1) is 5.56 Å². The molecule has 0 radical (unpaired) electrons. The van der Waals surface area contributed by atoms with E-state index in [9.17, 15) is 17.6 Å². The van der Waals surface area contributed by atoms with Crippen molar-refractivity contribution in [3.63, 3.8) is 0 Å². The number of aromatic hydroxyl groups is 1. The summed E-state index contributed by atoms with van der Waals surface area (Å²) in [5.41, 5.74) is 0.468. The molecule has 0 aromatic heterocycles. The largest absolute Gasteiger partial charge is 0.508 e. The monoisotopic (exact) mass is 339 g/mol. The molecule has 0 aliphatic rings. The minimum absolute atomic E-state index is 0.00382. The van der Waals surface area contributed by atoms with E-state index in [1.54, 1.807) is 12.1 Å². The molecular formula is C15H14FNO5S. The normalized spacial score (nSPS) is 11.3. The lowest BCUT2D eigenvalue weighted by atomic mass is 10.1. The minimum atomic E-state index is -4.16. The summed E-state index contributed by atoms with van der Waals surface area (Å²) in [6.07, 6.45) is 0.333. The maximum Gasteiger partial charge on any atom is 0.335 e. The third-order valence-electron chi connectivity index (χ3n) is 3.11. The first-order valence-electron chi connectivity index (χ1n) is 6.60. The fraction of sp³-hybridized carbons (Fsp3) is 0.133. The predicted molar refractivity (Wildman–Crippen MR) is 80.4 cm³/mol. The average molecular weight is 339 g/mol. The maximum absolute atomic E-state index is 13.7. The van der Waals surface area contributed by atoms with E-state index in [1.165, 1.54) is 12.1 Å². The van der Waals surface area contributed by atoms with Crippen molar-refractivity contribution in [3.05, 3.63) is 59.4 Å². The van der Waals surface area contributed by atoms with Gasteiger partial charge in [0.2, 0.25) is 10.0 Å². The van der Waals surface area contributed by atoms with Crippen LogP contribution < -0.4 is 4.72 Å². The van der Waals surface area contributed by atoms with Gasteiger partial charge < -0.3 is 10.2 Å². The number of carbonyl (C=O) groups is 1. The number of halogens is 1. The van der Waals surface area contributed by atoms with E-state index in [0.29, 0.717) is 6.42 Å². The highest BCUT2D eigenvalue weighted by Crippen LogP contribution is 2.17.